The van der Waals surface area contributed by atoms with Crippen molar-refractivity contribution in [3.05, 3.63) is 212 Å². The Morgan fingerprint density at radius 2 is 0.855 bits per heavy atom. The van der Waals surface area contributed by atoms with Crippen molar-refractivity contribution in [3.8, 4) is 45.5 Å². The Labute approximate surface area is 356 Å². The predicted molar refractivity (Wildman–Crippen MR) is 257 cm³/mol. The van der Waals surface area contributed by atoms with E-state index in [9.17, 15) is 0 Å². The Balaban J connectivity index is 1.07. The maximum absolute atomic E-state index is 5.14. The van der Waals surface area contributed by atoms with Gasteiger partial charge in [-0.1, -0.05) is 164 Å². The van der Waals surface area contributed by atoms with E-state index in [1.54, 1.807) is 0 Å². The molecule has 5 heteroatoms. The molecule has 0 N–H and O–H groups in total. The standard InChI is InChI=1S/C57H35N5/c1-3-16-37(17-4-1)55-58-56(38-18-5-2-6-19-38)60-57(59-55)47-30-32-51(44-24-12-11-23-43(44)47)62-52-31-28-41(35-49(52)48-33-39-20-7-8-21-40(39)34-53(48)62)61-50-26-14-13-25-45(50)46-29-27-36-15-9-10-22-42(36)54(46)61/h1-35H. The van der Waals surface area contributed by atoms with Crippen LogP contribution in [0, 0.1) is 0 Å². The Morgan fingerprint density at radius 1 is 0.290 bits per heavy atom. The summed E-state index contributed by atoms with van der Waals surface area (Å²) in [6.45, 7) is 0. The van der Waals surface area contributed by atoms with Crippen molar-refractivity contribution < 1.29 is 0 Å². The van der Waals surface area contributed by atoms with Crippen LogP contribution in [-0.4, -0.2) is 24.1 Å². The molecule has 0 saturated heterocycles. The maximum Gasteiger partial charge on any atom is 0.164 e. The molecule has 0 radical (unpaired) electrons. The molecule has 13 aromatic rings. The van der Waals surface area contributed by atoms with Gasteiger partial charge in [-0.15, -0.1) is 0 Å². The molecule has 0 aliphatic heterocycles. The minimum atomic E-state index is 0.636. The number of fused-ring (bicyclic) bond motifs is 10. The van der Waals surface area contributed by atoms with Crippen molar-refractivity contribution >= 4 is 75.9 Å². The first-order valence-corrected chi connectivity index (χ1v) is 21.0. The molecule has 62 heavy (non-hydrogen) atoms. The highest BCUT2D eigenvalue weighted by molar-refractivity contribution is 6.20. The van der Waals surface area contributed by atoms with E-state index in [4.69, 9.17) is 15.0 Å². The lowest BCUT2D eigenvalue weighted by molar-refractivity contribution is 1.08. The van der Waals surface area contributed by atoms with Gasteiger partial charge in [0.2, 0.25) is 0 Å². The third-order valence-corrected chi connectivity index (χ3v) is 12.5. The summed E-state index contributed by atoms with van der Waals surface area (Å²) in [7, 11) is 0. The van der Waals surface area contributed by atoms with Crippen LogP contribution in [0.2, 0.25) is 0 Å². The van der Waals surface area contributed by atoms with Gasteiger partial charge in [-0.3, -0.25) is 0 Å². The highest BCUT2D eigenvalue weighted by Crippen LogP contribution is 2.42. The van der Waals surface area contributed by atoms with Crippen molar-refractivity contribution in [1.29, 1.82) is 0 Å². The summed E-state index contributed by atoms with van der Waals surface area (Å²) < 4.78 is 4.91. The lowest BCUT2D eigenvalue weighted by atomic mass is 10.0. The molecule has 3 heterocycles. The lowest BCUT2D eigenvalue weighted by Gasteiger charge is -2.15. The summed E-state index contributed by atoms with van der Waals surface area (Å²) in [5, 5.41) is 12.0. The SMILES string of the molecule is c1ccc(-c2nc(-c3ccccc3)nc(-c3ccc(-n4c5ccc(-n6c7ccccc7c7ccc8ccccc8c76)cc5c5cc6ccccc6cc54)c4ccccc34)n2)cc1. The highest BCUT2D eigenvalue weighted by Gasteiger charge is 2.21. The van der Waals surface area contributed by atoms with E-state index in [0.29, 0.717) is 17.5 Å². The zero-order valence-corrected chi connectivity index (χ0v) is 33.4. The van der Waals surface area contributed by atoms with E-state index < -0.39 is 0 Å². The Kier molecular flexibility index (Phi) is 7.54. The van der Waals surface area contributed by atoms with Gasteiger partial charge in [0.25, 0.3) is 0 Å². The van der Waals surface area contributed by atoms with Crippen LogP contribution in [0.15, 0.2) is 212 Å². The van der Waals surface area contributed by atoms with Gasteiger partial charge in [-0.2, -0.15) is 0 Å². The quantitative estimate of drug-likeness (QED) is 0.174. The molecular weight excluding hydrogens is 755 g/mol. The molecule has 0 saturated carbocycles. The molecule has 0 atom stereocenters. The first kappa shape index (κ1) is 34.5. The maximum atomic E-state index is 5.14. The van der Waals surface area contributed by atoms with Gasteiger partial charge < -0.3 is 9.13 Å². The van der Waals surface area contributed by atoms with E-state index in [0.717, 1.165) is 49.9 Å². The third-order valence-electron chi connectivity index (χ3n) is 12.5. The molecular formula is C57H35N5. The highest BCUT2D eigenvalue weighted by atomic mass is 15.0. The van der Waals surface area contributed by atoms with Crippen LogP contribution in [0.1, 0.15) is 0 Å². The van der Waals surface area contributed by atoms with E-state index in [1.807, 2.05) is 36.4 Å². The number of aromatic nitrogens is 5. The van der Waals surface area contributed by atoms with Crippen LogP contribution in [0.5, 0.6) is 0 Å². The van der Waals surface area contributed by atoms with Crippen LogP contribution >= 0.6 is 0 Å². The van der Waals surface area contributed by atoms with E-state index in [2.05, 4.69) is 185 Å². The summed E-state index contributed by atoms with van der Waals surface area (Å²) in [4.78, 5) is 15.3. The second-order valence-corrected chi connectivity index (χ2v) is 16.0. The Morgan fingerprint density at radius 3 is 1.60 bits per heavy atom. The average molecular weight is 790 g/mol. The minimum Gasteiger partial charge on any atom is -0.309 e. The second-order valence-electron chi connectivity index (χ2n) is 16.0. The summed E-state index contributed by atoms with van der Waals surface area (Å²) in [6, 6.07) is 75.8. The molecule has 0 spiro atoms. The number of para-hydroxylation sites is 1. The molecule has 13 rings (SSSR count). The molecule has 288 valence electrons. The first-order valence-electron chi connectivity index (χ1n) is 21.0. The number of hydrogen-bond acceptors (Lipinski definition) is 3. The van der Waals surface area contributed by atoms with Gasteiger partial charge >= 0.3 is 0 Å². The van der Waals surface area contributed by atoms with E-state index in [-0.39, 0.29) is 0 Å². The van der Waals surface area contributed by atoms with Crippen LogP contribution < -0.4 is 0 Å². The Hall–Kier alpha value is -8.41. The zero-order valence-electron chi connectivity index (χ0n) is 33.4. The summed E-state index contributed by atoms with van der Waals surface area (Å²) in [5.41, 5.74) is 9.77. The predicted octanol–water partition coefficient (Wildman–Crippen LogP) is 14.5. The van der Waals surface area contributed by atoms with Gasteiger partial charge in [0.15, 0.2) is 17.5 Å². The molecule has 0 unspecified atom stereocenters. The van der Waals surface area contributed by atoms with Crippen molar-refractivity contribution in [2.75, 3.05) is 0 Å². The van der Waals surface area contributed by atoms with Crippen molar-refractivity contribution in [3.63, 3.8) is 0 Å². The number of benzene rings is 10. The Bertz CT molecular complexity index is 3860. The fourth-order valence-corrected chi connectivity index (χ4v) is 9.69. The summed E-state index contributed by atoms with van der Waals surface area (Å²) in [5.74, 6) is 1.92. The van der Waals surface area contributed by atoms with Gasteiger partial charge in [-0.25, -0.2) is 15.0 Å². The molecule has 0 fully saturated rings. The minimum absolute atomic E-state index is 0.636. The molecule has 3 aromatic heterocycles. The van der Waals surface area contributed by atoms with E-state index in [1.165, 1.54) is 54.1 Å². The topological polar surface area (TPSA) is 48.5 Å². The molecule has 0 bridgehead atoms. The van der Waals surface area contributed by atoms with Gasteiger partial charge in [0, 0.05) is 54.7 Å². The van der Waals surface area contributed by atoms with Crippen LogP contribution in [0.4, 0.5) is 0 Å². The number of hydrogen-bond donors (Lipinski definition) is 0. The summed E-state index contributed by atoms with van der Waals surface area (Å²) >= 11 is 0. The third kappa shape index (κ3) is 5.25. The fourth-order valence-electron chi connectivity index (χ4n) is 9.69. The largest absolute Gasteiger partial charge is 0.309 e. The molecule has 0 amide bonds. The van der Waals surface area contributed by atoms with Crippen LogP contribution in [0.25, 0.3) is 121 Å². The number of rotatable bonds is 5. The van der Waals surface area contributed by atoms with Crippen LogP contribution in [0.3, 0.4) is 0 Å². The lowest BCUT2D eigenvalue weighted by Crippen LogP contribution is -2.02. The van der Waals surface area contributed by atoms with Gasteiger partial charge in [0.1, 0.15) is 0 Å². The van der Waals surface area contributed by atoms with Crippen molar-refractivity contribution in [1.82, 2.24) is 24.1 Å². The molecule has 10 aromatic carbocycles. The van der Waals surface area contributed by atoms with Crippen molar-refractivity contribution in [2.24, 2.45) is 0 Å². The molecule has 0 aliphatic rings. The smallest absolute Gasteiger partial charge is 0.164 e. The first-order chi connectivity index (χ1) is 30.7. The number of nitrogens with zero attached hydrogens (tertiary/aromatic N) is 5. The van der Waals surface area contributed by atoms with Crippen molar-refractivity contribution in [2.45, 2.75) is 0 Å². The average Bonchev–Trinajstić information content (AvgIpc) is 3.85. The van der Waals surface area contributed by atoms with Crippen LogP contribution in [-0.2, 0) is 0 Å². The van der Waals surface area contributed by atoms with Gasteiger partial charge in [-0.05, 0) is 70.1 Å². The van der Waals surface area contributed by atoms with Gasteiger partial charge in [0.05, 0.1) is 27.8 Å². The zero-order chi connectivity index (χ0) is 40.7. The van der Waals surface area contributed by atoms with E-state index >= 15 is 0 Å². The normalized spacial score (nSPS) is 11.9. The fraction of sp³-hybridized carbons (Fsp3) is 0. The summed E-state index contributed by atoms with van der Waals surface area (Å²) in [6.07, 6.45) is 0. The molecule has 5 nitrogen and oxygen atoms in total. The molecule has 0 aliphatic carbocycles. The monoisotopic (exact) mass is 789 g/mol. The second kappa shape index (κ2) is 13.6.